The van der Waals surface area contributed by atoms with Gasteiger partial charge in [0.15, 0.2) is 0 Å². The Hall–Kier alpha value is -0.640. The molecule has 1 N–H and O–H groups in total. The van der Waals surface area contributed by atoms with E-state index in [4.69, 9.17) is 12.2 Å². The third-order valence-electron chi connectivity index (χ3n) is 1.48. The fourth-order valence-corrected chi connectivity index (χ4v) is 0.971. The molecule has 1 atom stereocenters. The third-order valence-corrected chi connectivity index (χ3v) is 1.60. The van der Waals surface area contributed by atoms with E-state index < -0.39 is 0 Å². The minimum absolute atomic E-state index is 0.176. The van der Waals surface area contributed by atoms with Crippen LogP contribution in [0.3, 0.4) is 0 Å². The fraction of sp³-hybridized carbons (Fsp3) is 0.750. The molecule has 0 saturated heterocycles. The number of nitrogens with one attached hydrogen (secondary N) is 1. The van der Waals surface area contributed by atoms with Gasteiger partial charge in [-0.25, -0.2) is 4.79 Å². The summed E-state index contributed by atoms with van der Waals surface area (Å²) in [6.07, 6.45) is 0. The molecule has 0 aromatic rings. The van der Waals surface area contributed by atoms with Gasteiger partial charge in [-0.15, -0.1) is 0 Å². The summed E-state index contributed by atoms with van der Waals surface area (Å²) in [5.41, 5.74) is 0. The molecule has 0 aromatic carbocycles. The normalized spacial score (nSPS) is 12.4. The van der Waals surface area contributed by atoms with Gasteiger partial charge in [-0.1, -0.05) is 26.1 Å². The van der Waals surface area contributed by atoms with Crippen molar-refractivity contribution >= 4 is 23.2 Å². The van der Waals surface area contributed by atoms with Crippen molar-refractivity contribution in [2.45, 2.75) is 26.8 Å². The first-order valence-corrected chi connectivity index (χ1v) is 4.24. The van der Waals surface area contributed by atoms with E-state index >= 15 is 0 Å². The monoisotopic (exact) mass is 189 g/mol. The predicted molar refractivity (Wildman–Crippen MR) is 52.0 cm³/mol. The molecule has 0 spiro atoms. The number of methoxy groups -OCH3 is 1. The summed E-state index contributed by atoms with van der Waals surface area (Å²) in [5, 5.41) is 2.89. The Morgan fingerprint density at radius 1 is 1.50 bits per heavy atom. The van der Waals surface area contributed by atoms with Crippen molar-refractivity contribution in [1.82, 2.24) is 5.32 Å². The molecule has 12 heavy (non-hydrogen) atoms. The molecule has 0 rings (SSSR count). The van der Waals surface area contributed by atoms with Gasteiger partial charge in [0, 0.05) is 0 Å². The smallest absolute Gasteiger partial charge is 0.328 e. The molecule has 0 aromatic heterocycles. The van der Waals surface area contributed by atoms with Crippen LogP contribution in [0.5, 0.6) is 0 Å². The van der Waals surface area contributed by atoms with E-state index in [1.54, 1.807) is 6.92 Å². The quantitative estimate of drug-likeness (QED) is 0.533. The zero-order valence-electron chi connectivity index (χ0n) is 7.88. The third kappa shape index (κ3) is 3.67. The van der Waals surface area contributed by atoms with Crippen molar-refractivity contribution in [3.8, 4) is 0 Å². The van der Waals surface area contributed by atoms with Gasteiger partial charge in [0.05, 0.1) is 12.1 Å². The molecule has 4 heteroatoms. The van der Waals surface area contributed by atoms with Crippen LogP contribution < -0.4 is 5.32 Å². The van der Waals surface area contributed by atoms with Crippen LogP contribution in [0.4, 0.5) is 0 Å². The van der Waals surface area contributed by atoms with Crippen molar-refractivity contribution in [3.05, 3.63) is 0 Å². The molecule has 0 fully saturated rings. The van der Waals surface area contributed by atoms with Crippen molar-refractivity contribution in [2.24, 2.45) is 5.92 Å². The number of thiocarbonyl (C=S) groups is 1. The maximum atomic E-state index is 11.1. The highest BCUT2D eigenvalue weighted by Crippen LogP contribution is 2.03. The molecule has 0 aliphatic carbocycles. The average molecular weight is 189 g/mol. The van der Waals surface area contributed by atoms with Gasteiger partial charge in [-0.05, 0) is 12.8 Å². The van der Waals surface area contributed by atoms with Crippen LogP contribution in [-0.4, -0.2) is 24.1 Å². The summed E-state index contributed by atoms with van der Waals surface area (Å²) in [6, 6.07) is -0.326. The number of ether oxygens (including phenoxy) is 1. The molecule has 0 aliphatic heterocycles. The fourth-order valence-electron chi connectivity index (χ4n) is 0.844. The molecule has 0 amide bonds. The van der Waals surface area contributed by atoms with E-state index in [1.807, 2.05) is 13.8 Å². The summed E-state index contributed by atoms with van der Waals surface area (Å²) < 4.78 is 4.61. The molecule has 3 nitrogen and oxygen atoms in total. The van der Waals surface area contributed by atoms with E-state index in [0.717, 1.165) is 0 Å². The van der Waals surface area contributed by atoms with E-state index in [-0.39, 0.29) is 17.9 Å². The molecule has 0 heterocycles. The number of carbonyl (C=O) groups is 1. The van der Waals surface area contributed by atoms with Gasteiger partial charge in [0.25, 0.3) is 0 Å². The second-order valence-electron chi connectivity index (χ2n) is 2.95. The maximum Gasteiger partial charge on any atom is 0.328 e. The van der Waals surface area contributed by atoms with E-state index in [9.17, 15) is 4.79 Å². The van der Waals surface area contributed by atoms with Crippen molar-refractivity contribution in [2.75, 3.05) is 7.11 Å². The lowest BCUT2D eigenvalue weighted by Gasteiger charge is -2.19. The van der Waals surface area contributed by atoms with Gasteiger partial charge in [-0.3, -0.25) is 0 Å². The number of carbonyl (C=O) groups excluding carboxylic acids is 1. The minimum atomic E-state index is -0.326. The molecule has 70 valence electrons. The van der Waals surface area contributed by atoms with Gasteiger partial charge in [-0.2, -0.15) is 0 Å². The zero-order chi connectivity index (χ0) is 9.72. The minimum Gasteiger partial charge on any atom is -0.467 e. The number of rotatable bonds is 3. The Morgan fingerprint density at radius 2 is 2.00 bits per heavy atom. The highest BCUT2D eigenvalue weighted by atomic mass is 32.1. The zero-order valence-corrected chi connectivity index (χ0v) is 8.70. The van der Waals surface area contributed by atoms with Crippen LogP contribution in [0, 0.1) is 5.92 Å². The molecule has 0 unspecified atom stereocenters. The second kappa shape index (κ2) is 5.09. The Kier molecular flexibility index (Phi) is 4.81. The van der Waals surface area contributed by atoms with Crippen molar-refractivity contribution < 1.29 is 9.53 Å². The SMILES string of the molecule is COC(=O)[C@@H](NC(C)=S)C(C)C. The van der Waals surface area contributed by atoms with Gasteiger partial charge in [0.2, 0.25) is 0 Å². The standard InChI is InChI=1S/C8H15NO2S/c1-5(2)7(8(10)11-4)9-6(3)12/h5,7H,1-4H3,(H,9,12)/t7-/m0/s1. The van der Waals surface area contributed by atoms with Crippen LogP contribution in [0.2, 0.25) is 0 Å². The summed E-state index contributed by atoms with van der Waals surface area (Å²) in [4.78, 5) is 11.8. The molecule has 0 aliphatic rings. The van der Waals surface area contributed by atoms with Gasteiger partial charge >= 0.3 is 5.97 Å². The Morgan fingerprint density at radius 3 is 2.25 bits per heavy atom. The Bertz CT molecular complexity index is 180. The molecular formula is C8H15NO2S. The summed E-state index contributed by atoms with van der Waals surface area (Å²) in [7, 11) is 1.37. The van der Waals surface area contributed by atoms with Gasteiger partial charge in [0.1, 0.15) is 6.04 Å². The summed E-state index contributed by atoms with van der Waals surface area (Å²) in [6.45, 7) is 5.62. The predicted octanol–water partition coefficient (Wildman–Crippen LogP) is 1.12. The highest BCUT2D eigenvalue weighted by molar-refractivity contribution is 7.80. The topological polar surface area (TPSA) is 38.3 Å². The van der Waals surface area contributed by atoms with Crippen molar-refractivity contribution in [1.29, 1.82) is 0 Å². The van der Waals surface area contributed by atoms with Crippen LogP contribution in [0.1, 0.15) is 20.8 Å². The molecule has 0 saturated carbocycles. The lowest BCUT2D eigenvalue weighted by Crippen LogP contribution is -2.43. The first-order chi connectivity index (χ1) is 5.49. The molecule has 0 bridgehead atoms. The summed E-state index contributed by atoms with van der Waals surface area (Å²) >= 11 is 4.84. The second-order valence-corrected chi connectivity index (χ2v) is 3.56. The number of esters is 1. The van der Waals surface area contributed by atoms with Gasteiger partial charge < -0.3 is 10.1 Å². The van der Waals surface area contributed by atoms with Crippen molar-refractivity contribution in [3.63, 3.8) is 0 Å². The average Bonchev–Trinajstić information content (AvgIpc) is 1.98. The largest absolute Gasteiger partial charge is 0.467 e. The molecule has 0 radical (unpaired) electrons. The first kappa shape index (κ1) is 11.4. The lowest BCUT2D eigenvalue weighted by atomic mass is 10.1. The lowest BCUT2D eigenvalue weighted by molar-refractivity contribution is -0.143. The van der Waals surface area contributed by atoms with Crippen LogP contribution >= 0.6 is 12.2 Å². The van der Waals surface area contributed by atoms with Crippen LogP contribution in [0.25, 0.3) is 0 Å². The summed E-state index contributed by atoms with van der Waals surface area (Å²) in [5.74, 6) is -0.0930. The molecular weight excluding hydrogens is 174 g/mol. The Balaban J connectivity index is 4.23. The number of hydrogen-bond donors (Lipinski definition) is 1. The van der Waals surface area contributed by atoms with Crippen LogP contribution in [0.15, 0.2) is 0 Å². The number of hydrogen-bond acceptors (Lipinski definition) is 3. The highest BCUT2D eigenvalue weighted by Gasteiger charge is 2.22. The Labute approximate surface area is 78.5 Å². The van der Waals surface area contributed by atoms with E-state index in [2.05, 4.69) is 10.1 Å². The van der Waals surface area contributed by atoms with E-state index in [1.165, 1.54) is 7.11 Å². The van der Waals surface area contributed by atoms with Crippen LogP contribution in [-0.2, 0) is 9.53 Å². The first-order valence-electron chi connectivity index (χ1n) is 3.84. The maximum absolute atomic E-state index is 11.1. The van der Waals surface area contributed by atoms with E-state index in [0.29, 0.717) is 4.99 Å².